The van der Waals surface area contributed by atoms with Gasteiger partial charge in [-0.3, -0.25) is 4.99 Å². The molecule has 0 unspecified atom stereocenters. The normalized spacial score (nSPS) is 15.8. The van der Waals surface area contributed by atoms with E-state index in [1.54, 1.807) is 54.7 Å². The molecule has 1 heterocycles. The van der Waals surface area contributed by atoms with Gasteiger partial charge in [0.05, 0.1) is 15.5 Å². The third-order valence-electron chi connectivity index (χ3n) is 2.71. The SMILES string of the molecule is O=S1(=O)c2ccccc2C=Nc2ccccc21. The first-order valence-corrected chi connectivity index (χ1v) is 6.65. The van der Waals surface area contributed by atoms with Gasteiger partial charge in [-0.25, -0.2) is 8.42 Å². The molecule has 0 aliphatic carbocycles. The van der Waals surface area contributed by atoms with Gasteiger partial charge in [0.25, 0.3) is 0 Å². The van der Waals surface area contributed by atoms with E-state index in [9.17, 15) is 8.42 Å². The first kappa shape index (κ1) is 10.2. The summed E-state index contributed by atoms with van der Waals surface area (Å²) < 4.78 is 24.9. The van der Waals surface area contributed by atoms with E-state index in [4.69, 9.17) is 0 Å². The van der Waals surface area contributed by atoms with Crippen LogP contribution in [0.5, 0.6) is 0 Å². The van der Waals surface area contributed by atoms with Crippen molar-refractivity contribution < 1.29 is 8.42 Å². The van der Waals surface area contributed by atoms with Crippen molar-refractivity contribution in [1.29, 1.82) is 0 Å². The molecule has 3 rings (SSSR count). The molecule has 4 heteroatoms. The Balaban J connectivity index is 2.43. The summed E-state index contributed by atoms with van der Waals surface area (Å²) in [6.45, 7) is 0. The van der Waals surface area contributed by atoms with Crippen molar-refractivity contribution in [2.24, 2.45) is 4.99 Å². The lowest BCUT2D eigenvalue weighted by molar-refractivity contribution is 0.596. The number of nitrogens with zero attached hydrogens (tertiary/aromatic N) is 1. The molecule has 0 saturated heterocycles. The molecule has 3 nitrogen and oxygen atoms in total. The first-order chi connectivity index (χ1) is 8.19. The van der Waals surface area contributed by atoms with Gasteiger partial charge in [-0.05, 0) is 18.2 Å². The van der Waals surface area contributed by atoms with E-state index < -0.39 is 9.84 Å². The Bertz CT molecular complexity index is 662. The minimum atomic E-state index is -3.46. The maximum atomic E-state index is 12.4. The number of sulfone groups is 1. The number of rotatable bonds is 0. The van der Waals surface area contributed by atoms with Gasteiger partial charge >= 0.3 is 0 Å². The van der Waals surface area contributed by atoms with E-state index in [0.717, 1.165) is 0 Å². The molecule has 0 N–H and O–H groups in total. The summed E-state index contributed by atoms with van der Waals surface area (Å²) in [4.78, 5) is 4.80. The van der Waals surface area contributed by atoms with E-state index in [0.29, 0.717) is 16.1 Å². The molecule has 0 bridgehead atoms. The third kappa shape index (κ3) is 1.49. The van der Waals surface area contributed by atoms with Crippen molar-refractivity contribution in [2.45, 2.75) is 9.79 Å². The molecule has 0 spiro atoms. The smallest absolute Gasteiger partial charge is 0.209 e. The number of fused-ring (bicyclic) bond motifs is 2. The number of hydrogen-bond acceptors (Lipinski definition) is 3. The minimum Gasteiger partial charge on any atom is -0.255 e. The fourth-order valence-electron chi connectivity index (χ4n) is 1.88. The Morgan fingerprint density at radius 2 is 1.47 bits per heavy atom. The molecular formula is C13H9NO2S. The average molecular weight is 243 g/mol. The molecule has 84 valence electrons. The summed E-state index contributed by atoms with van der Waals surface area (Å²) in [5.41, 5.74) is 1.12. The predicted molar refractivity (Wildman–Crippen MR) is 65.6 cm³/mol. The summed E-state index contributed by atoms with van der Waals surface area (Å²) in [5, 5.41) is 0. The Morgan fingerprint density at radius 3 is 2.29 bits per heavy atom. The lowest BCUT2D eigenvalue weighted by atomic mass is 10.2. The summed E-state index contributed by atoms with van der Waals surface area (Å²) in [5.74, 6) is 0. The van der Waals surface area contributed by atoms with Gasteiger partial charge in [-0.2, -0.15) is 0 Å². The second-order valence-corrected chi connectivity index (χ2v) is 5.65. The van der Waals surface area contributed by atoms with Crippen molar-refractivity contribution in [2.75, 3.05) is 0 Å². The van der Waals surface area contributed by atoms with Crippen LogP contribution in [-0.4, -0.2) is 14.6 Å². The first-order valence-electron chi connectivity index (χ1n) is 5.17. The van der Waals surface area contributed by atoms with Crippen LogP contribution in [0.3, 0.4) is 0 Å². The van der Waals surface area contributed by atoms with Gasteiger partial charge in [-0.15, -0.1) is 0 Å². The van der Waals surface area contributed by atoms with Crippen molar-refractivity contribution in [3.8, 4) is 0 Å². The molecule has 0 fully saturated rings. The average Bonchev–Trinajstić information content (AvgIpc) is 2.47. The van der Waals surface area contributed by atoms with Gasteiger partial charge < -0.3 is 0 Å². The quantitative estimate of drug-likeness (QED) is 0.609. The Hall–Kier alpha value is -1.94. The van der Waals surface area contributed by atoms with E-state index in [-0.39, 0.29) is 4.90 Å². The fraction of sp³-hybridized carbons (Fsp3) is 0. The van der Waals surface area contributed by atoms with Crippen LogP contribution < -0.4 is 0 Å². The highest BCUT2D eigenvalue weighted by Gasteiger charge is 2.25. The third-order valence-corrected chi connectivity index (χ3v) is 4.58. The van der Waals surface area contributed by atoms with Crippen LogP contribution in [0.15, 0.2) is 63.3 Å². The molecule has 0 aromatic heterocycles. The van der Waals surface area contributed by atoms with E-state index in [1.807, 2.05) is 0 Å². The van der Waals surface area contributed by atoms with E-state index >= 15 is 0 Å². The molecular weight excluding hydrogens is 234 g/mol. The minimum absolute atomic E-state index is 0.265. The highest BCUT2D eigenvalue weighted by atomic mass is 32.2. The Morgan fingerprint density at radius 1 is 0.824 bits per heavy atom. The second-order valence-electron chi connectivity index (χ2n) is 3.77. The van der Waals surface area contributed by atoms with Gasteiger partial charge in [0.15, 0.2) is 0 Å². The van der Waals surface area contributed by atoms with Crippen molar-refractivity contribution in [1.82, 2.24) is 0 Å². The molecule has 1 aliphatic heterocycles. The van der Waals surface area contributed by atoms with Crippen LogP contribution in [0.2, 0.25) is 0 Å². The standard InChI is InChI=1S/C13H9NO2S/c15-17(16)12-7-3-1-5-10(12)9-14-11-6-2-4-8-13(11)17/h1-9H. The zero-order valence-corrected chi connectivity index (χ0v) is 9.68. The molecule has 2 aromatic rings. The van der Waals surface area contributed by atoms with Crippen LogP contribution in [-0.2, 0) is 9.84 Å². The van der Waals surface area contributed by atoms with Crippen LogP contribution in [0.4, 0.5) is 5.69 Å². The predicted octanol–water partition coefficient (Wildman–Crippen LogP) is 2.58. The Labute approximate surface area is 99.4 Å². The highest BCUT2D eigenvalue weighted by Crippen LogP contribution is 2.33. The van der Waals surface area contributed by atoms with Crippen molar-refractivity contribution in [3.05, 3.63) is 54.1 Å². The summed E-state index contributed by atoms with van der Waals surface area (Å²) in [7, 11) is -3.46. The lowest BCUT2D eigenvalue weighted by Gasteiger charge is -2.05. The monoisotopic (exact) mass is 243 g/mol. The summed E-state index contributed by atoms with van der Waals surface area (Å²) in [6.07, 6.45) is 1.60. The topological polar surface area (TPSA) is 46.5 Å². The van der Waals surface area contributed by atoms with Crippen molar-refractivity contribution >= 4 is 21.7 Å². The molecule has 17 heavy (non-hydrogen) atoms. The van der Waals surface area contributed by atoms with Crippen LogP contribution in [0, 0.1) is 0 Å². The maximum Gasteiger partial charge on any atom is 0.209 e. The molecule has 1 aliphatic rings. The number of benzene rings is 2. The van der Waals surface area contributed by atoms with E-state index in [2.05, 4.69) is 4.99 Å². The van der Waals surface area contributed by atoms with Gasteiger partial charge in [0, 0.05) is 11.8 Å². The molecule has 0 amide bonds. The number of para-hydroxylation sites is 1. The van der Waals surface area contributed by atoms with Crippen LogP contribution in [0.1, 0.15) is 5.56 Å². The van der Waals surface area contributed by atoms with Crippen LogP contribution in [0.25, 0.3) is 0 Å². The summed E-state index contributed by atoms with van der Waals surface area (Å²) in [6, 6.07) is 13.7. The van der Waals surface area contributed by atoms with Gasteiger partial charge in [-0.1, -0.05) is 30.3 Å². The zero-order chi connectivity index (χ0) is 11.9. The van der Waals surface area contributed by atoms with Gasteiger partial charge in [0.1, 0.15) is 0 Å². The van der Waals surface area contributed by atoms with Gasteiger partial charge in [0.2, 0.25) is 9.84 Å². The molecule has 0 radical (unpaired) electrons. The highest BCUT2D eigenvalue weighted by molar-refractivity contribution is 7.91. The van der Waals surface area contributed by atoms with Crippen molar-refractivity contribution in [3.63, 3.8) is 0 Å². The molecule has 2 aromatic carbocycles. The molecule has 0 atom stereocenters. The largest absolute Gasteiger partial charge is 0.255 e. The fourth-order valence-corrected chi connectivity index (χ4v) is 3.46. The van der Waals surface area contributed by atoms with E-state index in [1.165, 1.54) is 0 Å². The maximum absolute atomic E-state index is 12.4. The number of aliphatic imine (C=N–C) groups is 1. The summed E-state index contributed by atoms with van der Waals surface area (Å²) >= 11 is 0. The number of hydrogen-bond donors (Lipinski definition) is 0. The molecule has 0 saturated carbocycles. The Kier molecular flexibility index (Phi) is 2.12. The second kappa shape index (κ2) is 3.53. The zero-order valence-electron chi connectivity index (χ0n) is 8.87. The lowest BCUT2D eigenvalue weighted by Crippen LogP contribution is -2.03. The van der Waals surface area contributed by atoms with Crippen LogP contribution >= 0.6 is 0 Å².